The minimum Gasteiger partial charge on any atom is -0.376 e. The largest absolute Gasteiger partial charge is 0.376 e. The molecule has 6 nitrogen and oxygen atoms in total. The van der Waals surface area contributed by atoms with Gasteiger partial charge in [0.15, 0.2) is 0 Å². The predicted octanol–water partition coefficient (Wildman–Crippen LogP) is 1.25. The van der Waals surface area contributed by atoms with Crippen molar-refractivity contribution in [2.24, 2.45) is 5.92 Å². The van der Waals surface area contributed by atoms with Crippen LogP contribution in [0.5, 0.6) is 0 Å². The van der Waals surface area contributed by atoms with E-state index in [0.717, 1.165) is 51.3 Å². The highest BCUT2D eigenvalue weighted by Crippen LogP contribution is 2.38. The lowest BCUT2D eigenvalue weighted by Crippen LogP contribution is -2.44. The first-order valence-corrected chi connectivity index (χ1v) is 9.28. The van der Waals surface area contributed by atoms with Gasteiger partial charge in [0.05, 0.1) is 31.6 Å². The lowest BCUT2D eigenvalue weighted by atomic mass is 9.96. The zero-order chi connectivity index (χ0) is 16.4. The standard InChI is InChI=1S/C18H27N3O3/c22-18-4-3-17(15-1-2-15)19-21(18)11-14-5-7-20(8-6-14)12-16-13-23-9-10-24-16/h3-4,14-16H,1-2,5-13H2. The molecule has 0 spiro atoms. The average molecular weight is 333 g/mol. The summed E-state index contributed by atoms with van der Waals surface area (Å²) in [6.07, 6.45) is 4.90. The van der Waals surface area contributed by atoms with Crippen LogP contribution in [0.1, 0.15) is 37.3 Å². The van der Waals surface area contributed by atoms with Gasteiger partial charge in [-0.3, -0.25) is 4.79 Å². The Balaban J connectivity index is 1.28. The molecule has 132 valence electrons. The van der Waals surface area contributed by atoms with Crippen LogP contribution in [0.4, 0.5) is 0 Å². The zero-order valence-corrected chi connectivity index (χ0v) is 14.2. The zero-order valence-electron chi connectivity index (χ0n) is 14.2. The first-order valence-electron chi connectivity index (χ1n) is 9.28. The van der Waals surface area contributed by atoms with Crippen LogP contribution in [-0.2, 0) is 16.0 Å². The fourth-order valence-corrected chi connectivity index (χ4v) is 3.72. The van der Waals surface area contributed by atoms with Gasteiger partial charge in [-0.15, -0.1) is 0 Å². The van der Waals surface area contributed by atoms with Gasteiger partial charge in [0.2, 0.25) is 0 Å². The number of hydrogen-bond donors (Lipinski definition) is 0. The quantitative estimate of drug-likeness (QED) is 0.812. The van der Waals surface area contributed by atoms with E-state index in [1.807, 2.05) is 6.07 Å². The van der Waals surface area contributed by atoms with E-state index in [2.05, 4.69) is 10.00 Å². The van der Waals surface area contributed by atoms with Crippen LogP contribution in [0.25, 0.3) is 0 Å². The van der Waals surface area contributed by atoms with E-state index in [-0.39, 0.29) is 11.7 Å². The van der Waals surface area contributed by atoms with Gasteiger partial charge < -0.3 is 14.4 Å². The third-order valence-corrected chi connectivity index (χ3v) is 5.37. The molecule has 0 bridgehead atoms. The molecule has 1 unspecified atom stereocenters. The SMILES string of the molecule is O=c1ccc(C2CC2)nn1CC1CCN(CC2COCCO2)CC1. The van der Waals surface area contributed by atoms with Crippen LogP contribution in [-0.4, -0.2) is 60.2 Å². The molecule has 3 heterocycles. The maximum atomic E-state index is 12.1. The van der Waals surface area contributed by atoms with Crippen molar-refractivity contribution in [1.29, 1.82) is 0 Å². The van der Waals surface area contributed by atoms with Gasteiger partial charge in [0.1, 0.15) is 0 Å². The molecule has 1 aromatic rings. The Bertz CT molecular complexity index is 600. The van der Waals surface area contributed by atoms with E-state index in [9.17, 15) is 4.79 Å². The molecule has 3 aliphatic rings. The van der Waals surface area contributed by atoms with E-state index in [4.69, 9.17) is 9.47 Å². The van der Waals surface area contributed by atoms with Gasteiger partial charge >= 0.3 is 0 Å². The van der Waals surface area contributed by atoms with Crippen molar-refractivity contribution in [3.8, 4) is 0 Å². The van der Waals surface area contributed by atoms with Gasteiger partial charge in [0.25, 0.3) is 5.56 Å². The lowest BCUT2D eigenvalue weighted by molar-refractivity contribution is -0.0994. The summed E-state index contributed by atoms with van der Waals surface area (Å²) in [5.74, 6) is 1.14. The molecule has 0 N–H and O–H groups in total. The molecule has 0 amide bonds. The van der Waals surface area contributed by atoms with Gasteiger partial charge in [0, 0.05) is 25.1 Å². The third-order valence-electron chi connectivity index (χ3n) is 5.37. The number of ether oxygens (including phenoxy) is 2. The molecular formula is C18H27N3O3. The Labute approximate surface area is 142 Å². The summed E-state index contributed by atoms with van der Waals surface area (Å²) in [7, 11) is 0. The molecule has 0 aromatic carbocycles. The molecule has 1 aliphatic carbocycles. The second-order valence-corrected chi connectivity index (χ2v) is 7.36. The fourth-order valence-electron chi connectivity index (χ4n) is 3.72. The summed E-state index contributed by atoms with van der Waals surface area (Å²) in [5, 5.41) is 4.60. The maximum Gasteiger partial charge on any atom is 0.266 e. The molecule has 1 aromatic heterocycles. The van der Waals surface area contributed by atoms with Gasteiger partial charge in [-0.05, 0) is 50.8 Å². The van der Waals surface area contributed by atoms with Crippen molar-refractivity contribution in [2.75, 3.05) is 39.5 Å². The van der Waals surface area contributed by atoms with E-state index in [1.165, 1.54) is 12.8 Å². The molecule has 24 heavy (non-hydrogen) atoms. The number of nitrogens with zero attached hydrogens (tertiary/aromatic N) is 3. The number of likely N-dealkylation sites (tertiary alicyclic amines) is 1. The Morgan fingerprint density at radius 3 is 2.62 bits per heavy atom. The van der Waals surface area contributed by atoms with Crippen LogP contribution in [0.2, 0.25) is 0 Å². The average Bonchev–Trinajstić information content (AvgIpc) is 3.45. The highest BCUT2D eigenvalue weighted by atomic mass is 16.6. The van der Waals surface area contributed by atoms with Crippen molar-refractivity contribution >= 4 is 0 Å². The summed E-state index contributed by atoms with van der Waals surface area (Å²) in [5.41, 5.74) is 1.14. The molecule has 1 atom stereocenters. The predicted molar refractivity (Wildman–Crippen MR) is 90.2 cm³/mol. The van der Waals surface area contributed by atoms with Crippen LogP contribution in [0, 0.1) is 5.92 Å². The topological polar surface area (TPSA) is 56.6 Å². The van der Waals surface area contributed by atoms with Crippen LogP contribution < -0.4 is 5.56 Å². The van der Waals surface area contributed by atoms with E-state index in [0.29, 0.717) is 25.0 Å². The van der Waals surface area contributed by atoms with Crippen molar-refractivity contribution in [3.63, 3.8) is 0 Å². The molecule has 3 fully saturated rings. The van der Waals surface area contributed by atoms with Crippen molar-refractivity contribution in [1.82, 2.24) is 14.7 Å². The van der Waals surface area contributed by atoms with E-state index in [1.54, 1.807) is 10.7 Å². The van der Waals surface area contributed by atoms with Crippen LogP contribution >= 0.6 is 0 Å². The molecule has 0 radical (unpaired) electrons. The number of piperidine rings is 1. The first-order chi connectivity index (χ1) is 11.8. The highest BCUT2D eigenvalue weighted by Gasteiger charge is 2.27. The van der Waals surface area contributed by atoms with Crippen molar-refractivity contribution < 1.29 is 9.47 Å². The molecule has 2 aliphatic heterocycles. The summed E-state index contributed by atoms with van der Waals surface area (Å²) >= 11 is 0. The Morgan fingerprint density at radius 1 is 1.08 bits per heavy atom. The maximum absolute atomic E-state index is 12.1. The number of aromatic nitrogens is 2. The normalized spacial score (nSPS) is 26.6. The first kappa shape index (κ1) is 16.2. The summed E-state index contributed by atoms with van der Waals surface area (Å²) in [6.45, 7) is 6.02. The summed E-state index contributed by atoms with van der Waals surface area (Å²) < 4.78 is 12.9. The molecule has 2 saturated heterocycles. The van der Waals surface area contributed by atoms with Gasteiger partial charge in [-0.2, -0.15) is 5.10 Å². The number of rotatable bonds is 5. The van der Waals surface area contributed by atoms with Crippen molar-refractivity contribution in [2.45, 2.75) is 44.2 Å². The van der Waals surface area contributed by atoms with Gasteiger partial charge in [-0.1, -0.05) is 0 Å². The van der Waals surface area contributed by atoms with Crippen molar-refractivity contribution in [3.05, 3.63) is 28.2 Å². The van der Waals surface area contributed by atoms with E-state index >= 15 is 0 Å². The highest BCUT2D eigenvalue weighted by molar-refractivity contribution is 5.12. The minimum atomic E-state index is 0.0367. The molecule has 4 rings (SSSR count). The smallest absolute Gasteiger partial charge is 0.266 e. The second kappa shape index (κ2) is 7.33. The monoisotopic (exact) mass is 333 g/mol. The number of hydrogen-bond acceptors (Lipinski definition) is 5. The molecule has 6 heteroatoms. The molecular weight excluding hydrogens is 306 g/mol. The Morgan fingerprint density at radius 2 is 1.92 bits per heavy atom. The Hall–Kier alpha value is -1.24. The third kappa shape index (κ3) is 4.05. The van der Waals surface area contributed by atoms with Gasteiger partial charge in [-0.25, -0.2) is 4.68 Å². The minimum absolute atomic E-state index is 0.0367. The summed E-state index contributed by atoms with van der Waals surface area (Å²) in [6, 6.07) is 3.60. The Kier molecular flexibility index (Phi) is 4.96. The van der Waals surface area contributed by atoms with Crippen LogP contribution in [0.3, 0.4) is 0 Å². The van der Waals surface area contributed by atoms with E-state index < -0.39 is 0 Å². The summed E-state index contributed by atoms with van der Waals surface area (Å²) in [4.78, 5) is 14.5. The van der Waals surface area contributed by atoms with Crippen LogP contribution in [0.15, 0.2) is 16.9 Å². The molecule has 1 saturated carbocycles. The lowest BCUT2D eigenvalue weighted by Gasteiger charge is -2.35. The second-order valence-electron chi connectivity index (χ2n) is 7.36. The fraction of sp³-hybridized carbons (Fsp3) is 0.778.